The summed E-state index contributed by atoms with van der Waals surface area (Å²) in [7, 11) is 0. The van der Waals surface area contributed by atoms with Crippen LogP contribution >= 0.6 is 0 Å². The molecule has 2 nitrogen and oxygen atoms in total. The van der Waals surface area contributed by atoms with Gasteiger partial charge in [0.05, 0.1) is 0 Å². The number of aldehydes is 1. The van der Waals surface area contributed by atoms with Gasteiger partial charge in [0, 0.05) is 31.1 Å². The molecule has 26 heavy (non-hydrogen) atoms. The molecule has 1 fully saturated rings. The lowest BCUT2D eigenvalue weighted by molar-refractivity contribution is -0.107. The molecule has 1 aliphatic carbocycles. The fraction of sp³-hybridized carbons (Fsp3) is 0.542. The van der Waals surface area contributed by atoms with E-state index in [2.05, 4.69) is 61.2 Å². The van der Waals surface area contributed by atoms with Crippen LogP contribution in [0.5, 0.6) is 0 Å². The van der Waals surface area contributed by atoms with Crippen LogP contribution in [0.2, 0.25) is 0 Å². The van der Waals surface area contributed by atoms with Crippen molar-refractivity contribution in [3.8, 4) is 0 Å². The Kier molecular flexibility index (Phi) is 6.71. The second kappa shape index (κ2) is 9.21. The largest absolute Gasteiger partial charge is 0.371 e. The summed E-state index contributed by atoms with van der Waals surface area (Å²) in [6.07, 6.45) is 14.7. The van der Waals surface area contributed by atoms with Crippen molar-refractivity contribution in [2.75, 3.05) is 18.0 Å². The number of anilines is 1. The molecule has 3 rings (SSSR count). The topological polar surface area (TPSA) is 20.3 Å². The Balaban J connectivity index is 1.58. The van der Waals surface area contributed by atoms with Gasteiger partial charge >= 0.3 is 0 Å². The van der Waals surface area contributed by atoms with E-state index in [1.54, 1.807) is 0 Å². The lowest BCUT2D eigenvalue weighted by Crippen LogP contribution is -2.50. The number of hydrogen-bond acceptors (Lipinski definition) is 2. The van der Waals surface area contributed by atoms with E-state index < -0.39 is 0 Å². The third-order valence-electron chi connectivity index (χ3n) is 6.39. The average Bonchev–Trinajstić information content (AvgIpc) is 2.91. The fourth-order valence-corrected chi connectivity index (χ4v) is 4.50. The maximum absolute atomic E-state index is 10.8. The first-order valence-electron chi connectivity index (χ1n) is 10.3. The first kappa shape index (κ1) is 18.9. The van der Waals surface area contributed by atoms with Gasteiger partial charge in [-0.25, -0.2) is 0 Å². The molecular formula is C24H33NO. The van der Waals surface area contributed by atoms with E-state index in [-0.39, 0.29) is 0 Å². The van der Waals surface area contributed by atoms with Crippen LogP contribution in [0, 0.1) is 11.8 Å². The number of hydrogen-bond donors (Lipinski definition) is 0. The molecule has 140 valence electrons. The van der Waals surface area contributed by atoms with Crippen molar-refractivity contribution in [1.29, 1.82) is 0 Å². The van der Waals surface area contributed by atoms with Gasteiger partial charge in [-0.05, 0) is 75.5 Å². The number of rotatable bonds is 7. The second-order valence-electron chi connectivity index (χ2n) is 7.97. The van der Waals surface area contributed by atoms with Gasteiger partial charge in [0.2, 0.25) is 0 Å². The van der Waals surface area contributed by atoms with Crippen molar-refractivity contribution in [3.05, 3.63) is 53.6 Å². The standard InChI is InChI=1S/C24H33NO/c1-3-19(2)24(11-8-16-26)21-12-14-23(15-13-21)25-17-22(18-25)20-9-6-4-5-7-10-20/h3-5,12-16,20,22,24H,6-11,17-18H2,1-2H3/b19-3+. The first-order valence-corrected chi connectivity index (χ1v) is 10.3. The molecule has 0 bridgehead atoms. The molecule has 1 saturated heterocycles. The lowest BCUT2D eigenvalue weighted by Gasteiger charge is -2.45. The van der Waals surface area contributed by atoms with Gasteiger partial charge in [-0.2, -0.15) is 0 Å². The predicted molar refractivity (Wildman–Crippen MR) is 111 cm³/mol. The highest BCUT2D eigenvalue weighted by atomic mass is 16.1. The Labute approximate surface area is 159 Å². The molecule has 0 N–H and O–H groups in total. The molecule has 0 amide bonds. The van der Waals surface area contributed by atoms with Gasteiger partial charge in [0.1, 0.15) is 6.29 Å². The summed E-state index contributed by atoms with van der Waals surface area (Å²) >= 11 is 0. The van der Waals surface area contributed by atoms with E-state index in [1.165, 1.54) is 55.6 Å². The summed E-state index contributed by atoms with van der Waals surface area (Å²) in [5.74, 6) is 2.15. The fourth-order valence-electron chi connectivity index (χ4n) is 4.50. The minimum absolute atomic E-state index is 0.363. The number of carbonyl (C=O) groups excluding carboxylic acids is 1. The zero-order chi connectivity index (χ0) is 18.4. The molecular weight excluding hydrogens is 318 g/mol. The number of nitrogens with zero attached hydrogens (tertiary/aromatic N) is 1. The SMILES string of the molecule is C/C=C(\C)C(CCC=O)c1ccc(N2CC(C3CCC=CCC3)C2)cc1. The van der Waals surface area contributed by atoms with Gasteiger partial charge in [0.25, 0.3) is 0 Å². The minimum Gasteiger partial charge on any atom is -0.371 e. The van der Waals surface area contributed by atoms with Crippen LogP contribution in [-0.4, -0.2) is 19.4 Å². The summed E-state index contributed by atoms with van der Waals surface area (Å²) in [6, 6.07) is 9.08. The molecule has 1 unspecified atom stereocenters. The van der Waals surface area contributed by atoms with Crippen LogP contribution in [0.15, 0.2) is 48.1 Å². The zero-order valence-corrected chi connectivity index (χ0v) is 16.4. The van der Waals surface area contributed by atoms with Crippen LogP contribution < -0.4 is 4.90 Å². The monoisotopic (exact) mass is 351 g/mol. The summed E-state index contributed by atoms with van der Waals surface area (Å²) in [4.78, 5) is 13.3. The van der Waals surface area contributed by atoms with E-state index in [0.717, 1.165) is 24.5 Å². The van der Waals surface area contributed by atoms with E-state index >= 15 is 0 Å². The Hall–Kier alpha value is -1.83. The Bertz CT molecular complexity index is 627. The quantitative estimate of drug-likeness (QED) is 0.450. The van der Waals surface area contributed by atoms with Gasteiger partial charge in [-0.1, -0.05) is 35.9 Å². The molecule has 0 spiro atoms. The van der Waals surface area contributed by atoms with Gasteiger partial charge < -0.3 is 9.69 Å². The van der Waals surface area contributed by atoms with Crippen molar-refractivity contribution in [2.24, 2.45) is 11.8 Å². The zero-order valence-electron chi connectivity index (χ0n) is 16.4. The van der Waals surface area contributed by atoms with Crippen molar-refractivity contribution >= 4 is 12.0 Å². The van der Waals surface area contributed by atoms with Crippen LogP contribution in [0.1, 0.15) is 63.9 Å². The van der Waals surface area contributed by atoms with E-state index in [0.29, 0.717) is 12.3 Å². The maximum Gasteiger partial charge on any atom is 0.120 e. The molecule has 1 aromatic rings. The molecule has 1 atom stereocenters. The number of benzene rings is 1. The maximum atomic E-state index is 10.8. The number of carbonyl (C=O) groups is 1. The lowest BCUT2D eigenvalue weighted by atomic mass is 9.80. The highest BCUT2D eigenvalue weighted by Gasteiger charge is 2.33. The summed E-state index contributed by atoms with van der Waals surface area (Å²) < 4.78 is 0. The normalized spacial score (nSPS) is 20.5. The van der Waals surface area contributed by atoms with Crippen molar-refractivity contribution < 1.29 is 4.79 Å². The molecule has 0 aromatic heterocycles. The molecule has 0 saturated carbocycles. The van der Waals surface area contributed by atoms with Crippen molar-refractivity contribution in [1.82, 2.24) is 0 Å². The van der Waals surface area contributed by atoms with Gasteiger partial charge in [-0.15, -0.1) is 0 Å². The molecule has 1 heterocycles. The smallest absolute Gasteiger partial charge is 0.120 e. The molecule has 2 aliphatic rings. The van der Waals surface area contributed by atoms with E-state index in [9.17, 15) is 4.79 Å². The van der Waals surface area contributed by atoms with Crippen molar-refractivity contribution in [3.63, 3.8) is 0 Å². The van der Waals surface area contributed by atoms with Crippen LogP contribution in [0.25, 0.3) is 0 Å². The summed E-state index contributed by atoms with van der Waals surface area (Å²) in [5.41, 5.74) is 4.03. The number of allylic oxidation sites excluding steroid dienone is 4. The molecule has 2 heteroatoms. The average molecular weight is 352 g/mol. The Morgan fingerprint density at radius 1 is 1.12 bits per heavy atom. The third kappa shape index (κ3) is 4.47. The summed E-state index contributed by atoms with van der Waals surface area (Å²) in [5, 5.41) is 0. The molecule has 1 aliphatic heterocycles. The molecule has 1 aromatic carbocycles. The van der Waals surface area contributed by atoms with Gasteiger partial charge in [0.15, 0.2) is 0 Å². The first-order chi connectivity index (χ1) is 12.7. The second-order valence-corrected chi connectivity index (χ2v) is 7.97. The Morgan fingerprint density at radius 2 is 1.77 bits per heavy atom. The van der Waals surface area contributed by atoms with Crippen LogP contribution in [0.4, 0.5) is 5.69 Å². The van der Waals surface area contributed by atoms with E-state index in [1.807, 2.05) is 0 Å². The molecule has 0 radical (unpaired) electrons. The highest BCUT2D eigenvalue weighted by Crippen LogP contribution is 2.36. The predicted octanol–water partition coefficient (Wildman–Crippen LogP) is 5.90. The third-order valence-corrected chi connectivity index (χ3v) is 6.39. The Morgan fingerprint density at radius 3 is 2.35 bits per heavy atom. The minimum atomic E-state index is 0.363. The van der Waals surface area contributed by atoms with Crippen LogP contribution in [0.3, 0.4) is 0 Å². The van der Waals surface area contributed by atoms with E-state index in [4.69, 9.17) is 0 Å². The van der Waals surface area contributed by atoms with Crippen molar-refractivity contribution in [2.45, 2.75) is 58.3 Å². The van der Waals surface area contributed by atoms with Crippen LogP contribution in [-0.2, 0) is 4.79 Å². The highest BCUT2D eigenvalue weighted by molar-refractivity contribution is 5.52. The van der Waals surface area contributed by atoms with Gasteiger partial charge in [-0.3, -0.25) is 0 Å². The summed E-state index contributed by atoms with van der Waals surface area (Å²) in [6.45, 7) is 6.69.